The summed E-state index contributed by atoms with van der Waals surface area (Å²) in [7, 11) is 0. The molecule has 1 heterocycles. The number of hydrogen-bond acceptors (Lipinski definition) is 3. The lowest BCUT2D eigenvalue weighted by Crippen LogP contribution is -2.14. The van der Waals surface area contributed by atoms with Crippen molar-refractivity contribution in [1.29, 1.82) is 0 Å². The third-order valence-electron chi connectivity index (χ3n) is 2.76. The number of nitrogens with one attached hydrogen (secondary N) is 2. The van der Waals surface area contributed by atoms with E-state index < -0.39 is 0 Å². The number of carbonyl (C=O) groups excluding carboxylic acids is 1. The summed E-state index contributed by atoms with van der Waals surface area (Å²) in [6.45, 7) is 2.00. The van der Waals surface area contributed by atoms with Gasteiger partial charge < -0.3 is 5.32 Å². The van der Waals surface area contributed by atoms with E-state index in [2.05, 4.69) is 15.5 Å². The Kier molecular flexibility index (Phi) is 4.50. The average molecular weight is 296 g/mol. The molecule has 19 heavy (non-hydrogen) atoms. The van der Waals surface area contributed by atoms with Crippen LogP contribution in [0.1, 0.15) is 22.8 Å². The molecule has 4 nitrogen and oxygen atoms in total. The number of halogens is 1. The number of nitrogens with zero attached hydrogens (tertiary/aromatic N) is 1. The molecule has 1 amide bonds. The minimum absolute atomic E-state index is 0.236. The molecule has 0 unspecified atom stereocenters. The van der Waals surface area contributed by atoms with E-state index in [1.54, 1.807) is 30.1 Å². The zero-order valence-electron chi connectivity index (χ0n) is 10.7. The van der Waals surface area contributed by atoms with Gasteiger partial charge in [-0.3, -0.25) is 9.89 Å². The van der Waals surface area contributed by atoms with Gasteiger partial charge in [0.1, 0.15) is 5.82 Å². The quantitative estimate of drug-likeness (QED) is 0.847. The molecule has 0 aliphatic rings. The number of aromatic nitrogens is 2. The maximum atomic E-state index is 12.2. The topological polar surface area (TPSA) is 57.8 Å². The third-order valence-corrected chi connectivity index (χ3v) is 3.81. The number of amides is 1. The summed E-state index contributed by atoms with van der Waals surface area (Å²) in [5, 5.41) is 9.93. The summed E-state index contributed by atoms with van der Waals surface area (Å²) in [6.07, 6.45) is 4.45. The molecule has 1 aromatic carbocycles. The van der Waals surface area contributed by atoms with E-state index >= 15 is 0 Å². The van der Waals surface area contributed by atoms with E-state index in [1.165, 1.54) is 0 Å². The molecule has 2 aromatic rings. The van der Waals surface area contributed by atoms with Crippen LogP contribution in [0.15, 0.2) is 29.3 Å². The summed E-state index contributed by atoms with van der Waals surface area (Å²) in [5.74, 6) is 0.387. The molecule has 0 saturated carbocycles. The zero-order chi connectivity index (χ0) is 13.8. The van der Waals surface area contributed by atoms with Gasteiger partial charge in [-0.2, -0.15) is 5.10 Å². The van der Waals surface area contributed by atoms with Gasteiger partial charge in [0.25, 0.3) is 5.91 Å². The standard InChI is InChI=1S/C13H14ClN3OS/c1-3-8-7-15-17-12(8)16-13(18)10-6-9(19-2)4-5-11(10)14/h4-7H,3H2,1-2H3,(H2,15,16,17,18). The number of carbonyl (C=O) groups is 1. The summed E-state index contributed by atoms with van der Waals surface area (Å²) >= 11 is 7.63. The van der Waals surface area contributed by atoms with Crippen molar-refractivity contribution < 1.29 is 4.79 Å². The predicted octanol–water partition coefficient (Wildman–Crippen LogP) is 3.60. The highest BCUT2D eigenvalue weighted by atomic mass is 35.5. The van der Waals surface area contributed by atoms with Crippen molar-refractivity contribution in [3.63, 3.8) is 0 Å². The summed E-state index contributed by atoms with van der Waals surface area (Å²) in [6, 6.07) is 5.40. The number of aromatic amines is 1. The highest BCUT2D eigenvalue weighted by molar-refractivity contribution is 7.98. The zero-order valence-corrected chi connectivity index (χ0v) is 12.2. The number of H-pyrrole nitrogens is 1. The molecule has 6 heteroatoms. The second kappa shape index (κ2) is 6.12. The molecule has 0 aliphatic carbocycles. The molecular weight excluding hydrogens is 282 g/mol. The second-order valence-electron chi connectivity index (χ2n) is 3.92. The van der Waals surface area contributed by atoms with Crippen LogP contribution < -0.4 is 5.32 Å². The van der Waals surface area contributed by atoms with Gasteiger partial charge in [-0.1, -0.05) is 18.5 Å². The van der Waals surface area contributed by atoms with Crippen molar-refractivity contribution in [1.82, 2.24) is 10.2 Å². The van der Waals surface area contributed by atoms with E-state index in [4.69, 9.17) is 11.6 Å². The molecule has 0 fully saturated rings. The first-order valence-electron chi connectivity index (χ1n) is 5.82. The lowest BCUT2D eigenvalue weighted by atomic mass is 10.2. The number of thioether (sulfide) groups is 1. The van der Waals surface area contributed by atoms with Crippen LogP contribution >= 0.6 is 23.4 Å². The molecule has 0 bridgehead atoms. The van der Waals surface area contributed by atoms with Crippen LogP contribution in [0.4, 0.5) is 5.82 Å². The van der Waals surface area contributed by atoms with E-state index in [9.17, 15) is 4.79 Å². The van der Waals surface area contributed by atoms with Crippen LogP contribution in [0.2, 0.25) is 5.02 Å². The van der Waals surface area contributed by atoms with Gasteiger partial charge in [0.15, 0.2) is 0 Å². The summed E-state index contributed by atoms with van der Waals surface area (Å²) in [5.41, 5.74) is 1.43. The maximum absolute atomic E-state index is 12.2. The van der Waals surface area contributed by atoms with Crippen LogP contribution in [-0.4, -0.2) is 22.4 Å². The van der Waals surface area contributed by atoms with Crippen molar-refractivity contribution in [2.24, 2.45) is 0 Å². The molecule has 0 saturated heterocycles. The SMILES string of the molecule is CCc1cn[nH]c1NC(=O)c1cc(SC)ccc1Cl. The van der Waals surface area contributed by atoms with Gasteiger partial charge in [0.2, 0.25) is 0 Å². The Labute approximate surface area is 120 Å². The lowest BCUT2D eigenvalue weighted by Gasteiger charge is -2.07. The van der Waals surface area contributed by atoms with Crippen molar-refractivity contribution in [2.45, 2.75) is 18.2 Å². The first-order chi connectivity index (χ1) is 9.15. The smallest absolute Gasteiger partial charge is 0.258 e. The van der Waals surface area contributed by atoms with E-state index in [0.29, 0.717) is 16.4 Å². The van der Waals surface area contributed by atoms with Crippen LogP contribution in [0.25, 0.3) is 0 Å². The molecule has 0 atom stereocenters. The summed E-state index contributed by atoms with van der Waals surface area (Å²) in [4.78, 5) is 13.2. The molecule has 0 spiro atoms. The van der Waals surface area contributed by atoms with Crippen molar-refractivity contribution in [3.05, 3.63) is 40.5 Å². The molecule has 2 N–H and O–H groups in total. The fourth-order valence-corrected chi connectivity index (χ4v) is 2.32. The minimum Gasteiger partial charge on any atom is -0.307 e. The molecular formula is C13H14ClN3OS. The number of anilines is 1. The first kappa shape index (κ1) is 14.0. The van der Waals surface area contributed by atoms with Gasteiger partial charge in [-0.05, 0) is 30.9 Å². The Bertz CT molecular complexity index is 597. The van der Waals surface area contributed by atoms with Gasteiger partial charge in [0, 0.05) is 10.5 Å². The number of hydrogen-bond donors (Lipinski definition) is 2. The Balaban J connectivity index is 2.25. The lowest BCUT2D eigenvalue weighted by molar-refractivity contribution is 0.102. The minimum atomic E-state index is -0.236. The van der Waals surface area contributed by atoms with Crippen LogP contribution in [-0.2, 0) is 6.42 Å². The monoisotopic (exact) mass is 295 g/mol. The average Bonchev–Trinajstić information content (AvgIpc) is 2.86. The van der Waals surface area contributed by atoms with Crippen LogP contribution in [0.5, 0.6) is 0 Å². The van der Waals surface area contributed by atoms with Crippen molar-refractivity contribution in [2.75, 3.05) is 11.6 Å². The first-order valence-corrected chi connectivity index (χ1v) is 7.43. The van der Waals surface area contributed by atoms with Gasteiger partial charge in [-0.25, -0.2) is 0 Å². The molecule has 100 valence electrons. The Morgan fingerprint density at radius 3 is 3.00 bits per heavy atom. The molecule has 0 radical (unpaired) electrons. The molecule has 1 aromatic heterocycles. The fraction of sp³-hybridized carbons (Fsp3) is 0.231. The van der Waals surface area contributed by atoms with Gasteiger partial charge >= 0.3 is 0 Å². The van der Waals surface area contributed by atoms with Gasteiger partial charge in [-0.15, -0.1) is 11.8 Å². The molecule has 2 rings (SSSR count). The van der Waals surface area contributed by atoms with Crippen LogP contribution in [0, 0.1) is 0 Å². The van der Waals surface area contributed by atoms with E-state index in [-0.39, 0.29) is 5.91 Å². The third kappa shape index (κ3) is 3.11. The molecule has 0 aliphatic heterocycles. The van der Waals surface area contributed by atoms with Crippen molar-refractivity contribution >= 4 is 35.1 Å². The van der Waals surface area contributed by atoms with Crippen LogP contribution in [0.3, 0.4) is 0 Å². The van der Waals surface area contributed by atoms with E-state index in [0.717, 1.165) is 16.9 Å². The number of benzene rings is 1. The van der Waals surface area contributed by atoms with Crippen molar-refractivity contribution in [3.8, 4) is 0 Å². The predicted molar refractivity (Wildman–Crippen MR) is 79.2 cm³/mol. The Hall–Kier alpha value is -1.46. The largest absolute Gasteiger partial charge is 0.307 e. The second-order valence-corrected chi connectivity index (χ2v) is 5.21. The fourth-order valence-electron chi connectivity index (χ4n) is 1.67. The normalized spacial score (nSPS) is 10.5. The summed E-state index contributed by atoms with van der Waals surface area (Å²) < 4.78 is 0. The Morgan fingerprint density at radius 2 is 2.32 bits per heavy atom. The Morgan fingerprint density at radius 1 is 1.53 bits per heavy atom. The maximum Gasteiger partial charge on any atom is 0.258 e. The highest BCUT2D eigenvalue weighted by Crippen LogP contribution is 2.24. The number of rotatable bonds is 4. The highest BCUT2D eigenvalue weighted by Gasteiger charge is 2.13. The van der Waals surface area contributed by atoms with Gasteiger partial charge in [0.05, 0.1) is 16.8 Å². The number of aryl methyl sites for hydroxylation is 1. The van der Waals surface area contributed by atoms with E-state index in [1.807, 2.05) is 19.2 Å².